The molecule has 4 rings (SSSR count). The summed E-state index contributed by atoms with van der Waals surface area (Å²) in [6.45, 7) is 15.0. The lowest BCUT2D eigenvalue weighted by Gasteiger charge is -2.28. The van der Waals surface area contributed by atoms with E-state index in [1.54, 1.807) is 0 Å². The molecular weight excluding hydrogens is 518 g/mol. The minimum atomic E-state index is -0.489. The van der Waals surface area contributed by atoms with Gasteiger partial charge in [-0.05, 0) is 74.6 Å². The summed E-state index contributed by atoms with van der Waals surface area (Å²) in [5.74, 6) is 1.57. The number of fused-ring (bicyclic) bond motifs is 2. The molecule has 0 bridgehead atoms. The van der Waals surface area contributed by atoms with Crippen molar-refractivity contribution in [2.24, 2.45) is 16.8 Å². The van der Waals surface area contributed by atoms with E-state index in [0.717, 1.165) is 52.4 Å². The maximum Gasteiger partial charge on any atom is 0.410 e. The van der Waals surface area contributed by atoms with Gasteiger partial charge in [0, 0.05) is 54.1 Å². The number of rotatable bonds is 3. The lowest BCUT2D eigenvalue weighted by molar-refractivity contribution is 0.0282. The average molecular weight is 551 g/mol. The van der Waals surface area contributed by atoms with Gasteiger partial charge in [-0.1, -0.05) is 13.0 Å². The number of allylic oxidation sites excluding steroid dienone is 3. The molecule has 2 aliphatic heterocycles. The Balaban J connectivity index is 1.62. The topological polar surface area (TPSA) is 70.9 Å². The summed E-state index contributed by atoms with van der Waals surface area (Å²) in [5.41, 5.74) is 3.22. The van der Waals surface area contributed by atoms with E-state index >= 15 is 0 Å². The Bertz CT molecular complexity index is 1060. The Morgan fingerprint density at radius 2 is 1.94 bits per heavy atom. The maximum absolute atomic E-state index is 12.6. The number of aliphatic imine (C=N–C) groups is 1. The molecule has 0 spiro atoms. The molecule has 2 fully saturated rings. The van der Waals surface area contributed by atoms with Crippen LogP contribution in [0.1, 0.15) is 59.2 Å². The lowest BCUT2D eigenvalue weighted by atomic mass is 9.93. The van der Waals surface area contributed by atoms with Gasteiger partial charge in [-0.25, -0.2) is 9.78 Å². The molecule has 0 aromatic carbocycles. The molecule has 3 unspecified atom stereocenters. The van der Waals surface area contributed by atoms with E-state index < -0.39 is 5.60 Å². The second kappa shape index (κ2) is 9.61. The van der Waals surface area contributed by atoms with E-state index in [1.807, 2.05) is 38.7 Å². The lowest BCUT2D eigenvalue weighted by Crippen LogP contribution is -2.37. The number of halogens is 2. The molecule has 34 heavy (non-hydrogen) atoms. The predicted molar refractivity (Wildman–Crippen MR) is 142 cm³/mol. The second-order valence-electron chi connectivity index (χ2n) is 10.3. The van der Waals surface area contributed by atoms with Crippen molar-refractivity contribution in [1.82, 2.24) is 14.9 Å². The van der Waals surface area contributed by atoms with Gasteiger partial charge in [-0.15, -0.1) is 0 Å². The molecule has 9 heteroatoms. The molecule has 3 atom stereocenters. The van der Waals surface area contributed by atoms with Crippen LogP contribution in [-0.2, 0) is 4.74 Å². The standard InChI is InChI=1S/C25H33BrClN5O2/c1-7-14(3)28-21-17(8-2)20-19(9-18(21)26)29-23(27)30-22(20)31-10-15-12-32(13-16(15)11-31)24(33)34-25(4,5)6/h8-9,14-16H,7,10-13H2,1-6H3/b17-8-,28-21?. The van der Waals surface area contributed by atoms with E-state index in [4.69, 9.17) is 21.3 Å². The molecule has 1 aliphatic carbocycles. The SMILES string of the molecule is C/C=C1\C(=NC(C)CC)C(Br)=Cc2nc(Cl)nc(N3CC4CN(C(=O)OC(C)(C)C)CC4C3)c21. The number of ether oxygens (including phenoxy) is 1. The number of carbonyl (C=O) groups excluding carboxylic acids is 1. The van der Waals surface area contributed by atoms with Crippen molar-refractivity contribution >= 4 is 56.8 Å². The summed E-state index contributed by atoms with van der Waals surface area (Å²) in [6, 6.07) is 0.203. The van der Waals surface area contributed by atoms with E-state index in [-0.39, 0.29) is 17.4 Å². The van der Waals surface area contributed by atoms with E-state index in [1.165, 1.54) is 0 Å². The fourth-order valence-electron chi connectivity index (χ4n) is 4.83. The molecule has 1 aromatic rings. The van der Waals surface area contributed by atoms with Crippen LogP contribution < -0.4 is 4.90 Å². The Kier molecular flexibility index (Phi) is 7.11. The fourth-order valence-corrected chi connectivity index (χ4v) is 5.53. The first-order valence-electron chi connectivity index (χ1n) is 11.9. The van der Waals surface area contributed by atoms with Crippen molar-refractivity contribution in [3.8, 4) is 0 Å². The highest BCUT2D eigenvalue weighted by Gasteiger charge is 2.44. The molecule has 184 valence electrons. The van der Waals surface area contributed by atoms with E-state index in [2.05, 4.69) is 50.7 Å². The van der Waals surface area contributed by atoms with Gasteiger partial charge in [0.05, 0.1) is 17.0 Å². The van der Waals surface area contributed by atoms with Gasteiger partial charge in [-0.2, -0.15) is 4.98 Å². The van der Waals surface area contributed by atoms with Crippen molar-refractivity contribution in [3.63, 3.8) is 0 Å². The van der Waals surface area contributed by atoms with Crippen LogP contribution in [0.4, 0.5) is 10.6 Å². The molecule has 1 amide bonds. The van der Waals surface area contributed by atoms with Crippen molar-refractivity contribution in [1.29, 1.82) is 0 Å². The van der Waals surface area contributed by atoms with E-state index in [9.17, 15) is 4.79 Å². The van der Waals surface area contributed by atoms with Crippen molar-refractivity contribution in [3.05, 3.63) is 27.1 Å². The Labute approximate surface area is 215 Å². The normalized spacial score (nSPS) is 25.5. The van der Waals surface area contributed by atoms with Crippen LogP contribution in [0.15, 0.2) is 15.6 Å². The molecular formula is C25H33BrClN5O2. The molecule has 2 saturated heterocycles. The number of aromatic nitrogens is 2. The summed E-state index contributed by atoms with van der Waals surface area (Å²) in [4.78, 5) is 30.9. The summed E-state index contributed by atoms with van der Waals surface area (Å²) in [6.07, 6.45) is 4.80. The Morgan fingerprint density at radius 3 is 2.50 bits per heavy atom. The van der Waals surface area contributed by atoms with Gasteiger partial charge >= 0.3 is 6.09 Å². The molecule has 1 aromatic heterocycles. The van der Waals surface area contributed by atoms with Crippen LogP contribution in [0.25, 0.3) is 11.6 Å². The van der Waals surface area contributed by atoms with Gasteiger partial charge in [0.25, 0.3) is 0 Å². The minimum Gasteiger partial charge on any atom is -0.444 e. The first-order chi connectivity index (χ1) is 16.0. The summed E-state index contributed by atoms with van der Waals surface area (Å²) < 4.78 is 6.49. The monoisotopic (exact) mass is 549 g/mol. The van der Waals surface area contributed by atoms with Gasteiger partial charge in [0.15, 0.2) is 0 Å². The Hall–Kier alpha value is -1.93. The Morgan fingerprint density at radius 1 is 1.29 bits per heavy atom. The zero-order chi connectivity index (χ0) is 24.8. The van der Waals surface area contributed by atoms with Crippen molar-refractivity contribution in [2.75, 3.05) is 31.1 Å². The van der Waals surface area contributed by atoms with E-state index in [0.29, 0.717) is 24.9 Å². The number of hydrogen-bond acceptors (Lipinski definition) is 6. The molecule has 0 N–H and O–H groups in total. The van der Waals surface area contributed by atoms with Gasteiger partial charge < -0.3 is 14.5 Å². The average Bonchev–Trinajstić information content (AvgIpc) is 3.32. The maximum atomic E-state index is 12.6. The third-order valence-electron chi connectivity index (χ3n) is 6.57. The quantitative estimate of drug-likeness (QED) is 0.443. The van der Waals surface area contributed by atoms with Crippen LogP contribution in [0, 0.1) is 11.8 Å². The largest absolute Gasteiger partial charge is 0.444 e. The van der Waals surface area contributed by atoms with Gasteiger partial charge in [0.2, 0.25) is 5.28 Å². The number of amides is 1. The molecule has 0 radical (unpaired) electrons. The summed E-state index contributed by atoms with van der Waals surface area (Å²) in [7, 11) is 0. The number of likely N-dealkylation sites (tertiary alicyclic amines) is 1. The third-order valence-corrected chi connectivity index (χ3v) is 7.34. The van der Waals surface area contributed by atoms with Crippen LogP contribution in [0.2, 0.25) is 5.28 Å². The molecule has 0 saturated carbocycles. The fraction of sp³-hybridized carbons (Fsp3) is 0.600. The zero-order valence-electron chi connectivity index (χ0n) is 20.7. The molecule has 3 heterocycles. The van der Waals surface area contributed by atoms with Gasteiger partial charge in [-0.3, -0.25) is 4.99 Å². The van der Waals surface area contributed by atoms with Crippen LogP contribution >= 0.6 is 27.5 Å². The highest BCUT2D eigenvalue weighted by Crippen LogP contribution is 2.42. The number of nitrogens with zero attached hydrogens (tertiary/aromatic N) is 5. The predicted octanol–water partition coefficient (Wildman–Crippen LogP) is 5.83. The number of carbonyl (C=O) groups is 1. The van der Waals surface area contributed by atoms with Crippen LogP contribution in [0.5, 0.6) is 0 Å². The van der Waals surface area contributed by atoms with Crippen molar-refractivity contribution < 1.29 is 9.53 Å². The summed E-state index contributed by atoms with van der Waals surface area (Å²) in [5, 5.41) is 0.232. The first kappa shape index (κ1) is 25.2. The first-order valence-corrected chi connectivity index (χ1v) is 13.1. The zero-order valence-corrected chi connectivity index (χ0v) is 23.1. The number of hydrogen-bond donors (Lipinski definition) is 0. The third kappa shape index (κ3) is 5.03. The van der Waals surface area contributed by atoms with Gasteiger partial charge in [0.1, 0.15) is 11.4 Å². The molecule has 3 aliphatic rings. The summed E-state index contributed by atoms with van der Waals surface area (Å²) >= 11 is 10.1. The van der Waals surface area contributed by atoms with Crippen LogP contribution in [0.3, 0.4) is 0 Å². The van der Waals surface area contributed by atoms with Crippen molar-refractivity contribution in [2.45, 2.75) is 59.6 Å². The molecule has 7 nitrogen and oxygen atoms in total. The second-order valence-corrected chi connectivity index (χ2v) is 11.5. The van der Waals surface area contributed by atoms with Crippen LogP contribution in [-0.4, -0.2) is 64.5 Å². The smallest absolute Gasteiger partial charge is 0.410 e. The number of anilines is 1. The minimum absolute atomic E-state index is 0.203. The highest BCUT2D eigenvalue weighted by molar-refractivity contribution is 9.12. The highest BCUT2D eigenvalue weighted by atomic mass is 79.9.